The third kappa shape index (κ3) is 2.98. The van der Waals surface area contributed by atoms with Crippen molar-refractivity contribution >= 4 is 11.9 Å². The van der Waals surface area contributed by atoms with Crippen LogP contribution >= 0.6 is 0 Å². The zero-order valence-electron chi connectivity index (χ0n) is 10.2. The second-order valence-electron chi connectivity index (χ2n) is 3.87. The van der Waals surface area contributed by atoms with Gasteiger partial charge in [-0.25, -0.2) is 4.79 Å². The number of aliphatic hydroxyl groups excluding tert-OH is 1. The first-order valence-corrected chi connectivity index (χ1v) is 5.63. The molecule has 0 aliphatic rings. The van der Waals surface area contributed by atoms with Crippen LogP contribution in [0.4, 0.5) is 0 Å². The van der Waals surface area contributed by atoms with E-state index in [4.69, 9.17) is 14.6 Å². The molecule has 1 heterocycles. The summed E-state index contributed by atoms with van der Waals surface area (Å²) in [5.41, 5.74) is 0.893. The van der Waals surface area contributed by atoms with Crippen molar-refractivity contribution in [2.24, 2.45) is 0 Å². The van der Waals surface area contributed by atoms with Crippen molar-refractivity contribution < 1.29 is 24.2 Å². The third-order valence-electron chi connectivity index (χ3n) is 2.54. The topological polar surface area (TPSA) is 126 Å². The number of carboxylic acids is 1. The zero-order chi connectivity index (χ0) is 14.5. The fourth-order valence-electron chi connectivity index (χ4n) is 1.49. The van der Waals surface area contributed by atoms with Crippen LogP contribution in [0.15, 0.2) is 35.1 Å². The molecule has 1 aromatic heterocycles. The standard InChI is InChI=1S/C12H11N3O5/c16-5-9(12(18)19)14-10(17)7-1-3-8(4-2-7)11-15-13-6-20-11/h1-4,6,9,16H,5H2,(H,14,17)(H,18,19)/t9-/m1/s1. The lowest BCUT2D eigenvalue weighted by Crippen LogP contribution is -2.43. The Hall–Kier alpha value is -2.74. The number of hydrogen-bond acceptors (Lipinski definition) is 6. The van der Waals surface area contributed by atoms with Gasteiger partial charge >= 0.3 is 5.97 Å². The van der Waals surface area contributed by atoms with Gasteiger partial charge in [0, 0.05) is 11.1 Å². The number of aliphatic hydroxyl groups is 1. The zero-order valence-corrected chi connectivity index (χ0v) is 10.2. The number of rotatable bonds is 5. The molecule has 0 unspecified atom stereocenters. The summed E-state index contributed by atoms with van der Waals surface area (Å²) < 4.78 is 5.00. The van der Waals surface area contributed by atoms with Gasteiger partial charge < -0.3 is 19.9 Å². The molecule has 3 N–H and O–H groups in total. The lowest BCUT2D eigenvalue weighted by Gasteiger charge is -2.11. The normalized spacial score (nSPS) is 11.8. The molecule has 0 bridgehead atoms. The monoisotopic (exact) mass is 277 g/mol. The highest BCUT2D eigenvalue weighted by atomic mass is 16.4. The fourth-order valence-corrected chi connectivity index (χ4v) is 1.49. The Kier molecular flexibility index (Phi) is 4.06. The molecular weight excluding hydrogens is 266 g/mol. The Balaban J connectivity index is 2.10. The number of carbonyl (C=O) groups excluding carboxylic acids is 1. The number of benzene rings is 1. The van der Waals surface area contributed by atoms with E-state index < -0.39 is 24.5 Å². The molecule has 0 saturated heterocycles. The molecule has 0 saturated carbocycles. The van der Waals surface area contributed by atoms with E-state index in [9.17, 15) is 9.59 Å². The maximum atomic E-state index is 11.8. The second kappa shape index (κ2) is 5.93. The molecule has 0 fully saturated rings. The molecule has 1 amide bonds. The average molecular weight is 277 g/mol. The molecule has 1 aromatic carbocycles. The summed E-state index contributed by atoms with van der Waals surface area (Å²) in [5, 5.41) is 27.0. The molecule has 0 aliphatic heterocycles. The Labute approximate surface area is 113 Å². The van der Waals surface area contributed by atoms with Gasteiger partial charge in [-0.2, -0.15) is 0 Å². The highest BCUT2D eigenvalue weighted by Gasteiger charge is 2.19. The summed E-state index contributed by atoms with van der Waals surface area (Å²) in [6.45, 7) is -0.679. The largest absolute Gasteiger partial charge is 0.480 e. The van der Waals surface area contributed by atoms with Crippen LogP contribution in [0.2, 0.25) is 0 Å². The van der Waals surface area contributed by atoms with Crippen LogP contribution < -0.4 is 5.32 Å². The molecule has 0 radical (unpaired) electrons. The molecule has 0 aliphatic carbocycles. The number of nitrogens with one attached hydrogen (secondary N) is 1. The SMILES string of the molecule is O=C(N[C@H](CO)C(=O)O)c1ccc(-c2nnco2)cc1. The predicted molar refractivity (Wildman–Crippen MR) is 65.7 cm³/mol. The smallest absolute Gasteiger partial charge is 0.328 e. The van der Waals surface area contributed by atoms with Gasteiger partial charge in [0.05, 0.1) is 6.61 Å². The van der Waals surface area contributed by atoms with Gasteiger partial charge in [-0.05, 0) is 24.3 Å². The number of carboxylic acid groups (broad SMARTS) is 1. The van der Waals surface area contributed by atoms with Crippen molar-refractivity contribution in [2.45, 2.75) is 6.04 Å². The van der Waals surface area contributed by atoms with Crippen LogP contribution in [0, 0.1) is 0 Å². The van der Waals surface area contributed by atoms with Crippen molar-refractivity contribution in [3.63, 3.8) is 0 Å². The first-order valence-electron chi connectivity index (χ1n) is 5.63. The second-order valence-corrected chi connectivity index (χ2v) is 3.87. The van der Waals surface area contributed by atoms with Crippen molar-refractivity contribution in [3.05, 3.63) is 36.2 Å². The molecule has 20 heavy (non-hydrogen) atoms. The summed E-state index contributed by atoms with van der Waals surface area (Å²) in [4.78, 5) is 22.5. The lowest BCUT2D eigenvalue weighted by atomic mass is 10.1. The number of carbonyl (C=O) groups is 2. The summed E-state index contributed by atoms with van der Waals surface area (Å²) in [6.07, 6.45) is 1.19. The Morgan fingerprint density at radius 3 is 2.50 bits per heavy atom. The van der Waals surface area contributed by atoms with Crippen LogP contribution in [0.1, 0.15) is 10.4 Å². The van der Waals surface area contributed by atoms with Crippen LogP contribution in [0.3, 0.4) is 0 Å². The van der Waals surface area contributed by atoms with Gasteiger partial charge in [0.1, 0.15) is 0 Å². The highest BCUT2D eigenvalue weighted by Crippen LogP contribution is 2.16. The van der Waals surface area contributed by atoms with Crippen LogP contribution in [-0.2, 0) is 4.79 Å². The van der Waals surface area contributed by atoms with Crippen molar-refractivity contribution in [2.75, 3.05) is 6.61 Å². The molecule has 1 atom stereocenters. The minimum absolute atomic E-state index is 0.257. The minimum Gasteiger partial charge on any atom is -0.480 e. The molecule has 2 rings (SSSR count). The lowest BCUT2D eigenvalue weighted by molar-refractivity contribution is -0.140. The van der Waals surface area contributed by atoms with Crippen molar-refractivity contribution in [1.29, 1.82) is 0 Å². The summed E-state index contributed by atoms with van der Waals surface area (Å²) in [7, 11) is 0. The fraction of sp³-hybridized carbons (Fsp3) is 0.167. The number of aromatic nitrogens is 2. The maximum Gasteiger partial charge on any atom is 0.328 e. The average Bonchev–Trinajstić information content (AvgIpc) is 2.98. The number of nitrogens with zero attached hydrogens (tertiary/aromatic N) is 2. The third-order valence-corrected chi connectivity index (χ3v) is 2.54. The van der Waals surface area contributed by atoms with Gasteiger partial charge in [0.25, 0.3) is 5.91 Å². The molecule has 8 heteroatoms. The van der Waals surface area contributed by atoms with Crippen molar-refractivity contribution in [1.82, 2.24) is 15.5 Å². The maximum absolute atomic E-state index is 11.8. The first-order chi connectivity index (χ1) is 9.61. The van der Waals surface area contributed by atoms with E-state index in [2.05, 4.69) is 15.5 Å². The Bertz CT molecular complexity index is 594. The van der Waals surface area contributed by atoms with Gasteiger partial charge in [-0.3, -0.25) is 4.79 Å². The van der Waals surface area contributed by atoms with Crippen LogP contribution in [-0.4, -0.2) is 44.9 Å². The van der Waals surface area contributed by atoms with E-state index in [1.807, 2.05) is 0 Å². The Morgan fingerprint density at radius 2 is 2.00 bits per heavy atom. The van der Waals surface area contributed by atoms with Gasteiger partial charge in [-0.1, -0.05) is 0 Å². The number of amides is 1. The highest BCUT2D eigenvalue weighted by molar-refractivity contribution is 5.96. The van der Waals surface area contributed by atoms with E-state index >= 15 is 0 Å². The minimum atomic E-state index is -1.34. The quantitative estimate of drug-likeness (QED) is 0.697. The summed E-state index contributed by atoms with van der Waals surface area (Å²) in [6, 6.07) is 4.84. The van der Waals surface area contributed by atoms with Crippen LogP contribution in [0.5, 0.6) is 0 Å². The molecule has 0 spiro atoms. The van der Waals surface area contributed by atoms with Gasteiger partial charge in [0.2, 0.25) is 12.3 Å². The number of hydrogen-bond donors (Lipinski definition) is 3. The van der Waals surface area contributed by atoms with Crippen LogP contribution in [0.25, 0.3) is 11.5 Å². The predicted octanol–water partition coefficient (Wildman–Crippen LogP) is -0.0881. The summed E-state index contributed by atoms with van der Waals surface area (Å²) >= 11 is 0. The first kappa shape index (κ1) is 13.7. The van der Waals surface area contributed by atoms with E-state index in [-0.39, 0.29) is 5.56 Å². The number of aliphatic carboxylic acids is 1. The van der Waals surface area contributed by atoms with E-state index in [0.717, 1.165) is 0 Å². The molecule has 2 aromatic rings. The molecule has 104 valence electrons. The summed E-state index contributed by atoms with van der Waals surface area (Å²) in [5.74, 6) is -1.58. The van der Waals surface area contributed by atoms with E-state index in [0.29, 0.717) is 11.5 Å². The van der Waals surface area contributed by atoms with E-state index in [1.54, 1.807) is 12.1 Å². The molecule has 8 nitrogen and oxygen atoms in total. The van der Waals surface area contributed by atoms with Crippen molar-refractivity contribution in [3.8, 4) is 11.5 Å². The van der Waals surface area contributed by atoms with E-state index in [1.165, 1.54) is 18.5 Å². The van der Waals surface area contributed by atoms with Gasteiger partial charge in [-0.15, -0.1) is 10.2 Å². The Morgan fingerprint density at radius 1 is 1.30 bits per heavy atom. The van der Waals surface area contributed by atoms with Gasteiger partial charge in [0.15, 0.2) is 6.04 Å². The molecular formula is C12H11N3O5.